The lowest BCUT2D eigenvalue weighted by Crippen LogP contribution is -2.34. The van der Waals surface area contributed by atoms with Crippen LogP contribution in [0.4, 0.5) is 0 Å². The van der Waals surface area contributed by atoms with Gasteiger partial charge in [0.1, 0.15) is 0 Å². The van der Waals surface area contributed by atoms with E-state index in [0.717, 1.165) is 11.8 Å². The van der Waals surface area contributed by atoms with Crippen LogP contribution in [0.15, 0.2) is 24.3 Å². The molecule has 1 heteroatoms. The molecule has 0 radical (unpaired) electrons. The van der Waals surface area contributed by atoms with Crippen LogP contribution in [0.2, 0.25) is 0 Å². The summed E-state index contributed by atoms with van der Waals surface area (Å²) in [6, 6.07) is 9.59. The van der Waals surface area contributed by atoms with Crippen molar-refractivity contribution >= 4 is 0 Å². The molecule has 128 valence electrons. The van der Waals surface area contributed by atoms with Gasteiger partial charge in [0.15, 0.2) is 0 Å². The summed E-state index contributed by atoms with van der Waals surface area (Å²) in [5.41, 5.74) is 3.09. The van der Waals surface area contributed by atoms with Gasteiger partial charge >= 0.3 is 0 Å². The van der Waals surface area contributed by atoms with Crippen LogP contribution in [-0.2, 0) is 12.8 Å². The fraction of sp³-hybridized carbons (Fsp3) is 0.727. The Labute approximate surface area is 143 Å². The summed E-state index contributed by atoms with van der Waals surface area (Å²) in [6.07, 6.45) is 14.1. The molecule has 1 heterocycles. The average Bonchev–Trinajstić information content (AvgIpc) is 2.58. The van der Waals surface area contributed by atoms with Gasteiger partial charge in [0.2, 0.25) is 0 Å². The topological polar surface area (TPSA) is 3.24 Å². The Kier molecular flexibility index (Phi) is 6.56. The largest absolute Gasteiger partial charge is 0.303 e. The summed E-state index contributed by atoms with van der Waals surface area (Å²) in [6.45, 7) is 6.35. The normalized spacial score (nSPS) is 22.1. The van der Waals surface area contributed by atoms with Gasteiger partial charge in [-0.15, -0.1) is 0 Å². The molecule has 1 aliphatic heterocycles. The van der Waals surface area contributed by atoms with E-state index in [1.54, 1.807) is 5.56 Å². The van der Waals surface area contributed by atoms with Gasteiger partial charge in [-0.1, -0.05) is 69.7 Å². The molecule has 1 unspecified atom stereocenters. The van der Waals surface area contributed by atoms with Crippen LogP contribution in [0, 0.1) is 11.8 Å². The lowest BCUT2D eigenvalue weighted by atomic mass is 9.84. The zero-order valence-electron chi connectivity index (χ0n) is 15.1. The van der Waals surface area contributed by atoms with Crippen molar-refractivity contribution in [2.24, 2.45) is 11.8 Å². The van der Waals surface area contributed by atoms with E-state index in [-0.39, 0.29) is 0 Å². The highest BCUT2D eigenvalue weighted by atomic mass is 15.1. The smallest absolute Gasteiger partial charge is 0.00102 e. The number of hydrogen-bond donors (Lipinski definition) is 0. The molecular weight excluding hydrogens is 278 g/mol. The van der Waals surface area contributed by atoms with E-state index in [2.05, 4.69) is 36.1 Å². The van der Waals surface area contributed by atoms with E-state index in [9.17, 15) is 0 Å². The predicted octanol–water partition coefficient (Wildman–Crippen LogP) is 5.47. The van der Waals surface area contributed by atoms with Crippen LogP contribution < -0.4 is 0 Å². The van der Waals surface area contributed by atoms with Crippen molar-refractivity contribution in [2.45, 2.75) is 71.1 Å². The molecule has 1 saturated carbocycles. The molecular formula is C22H35N. The maximum Gasteiger partial charge on any atom is 0.00102 e. The van der Waals surface area contributed by atoms with Crippen molar-refractivity contribution < 1.29 is 0 Å². The minimum Gasteiger partial charge on any atom is -0.303 e. The van der Waals surface area contributed by atoms with Gasteiger partial charge in [-0.3, -0.25) is 0 Å². The third-order valence-corrected chi connectivity index (χ3v) is 5.87. The Balaban J connectivity index is 1.44. The second kappa shape index (κ2) is 8.87. The third-order valence-electron chi connectivity index (χ3n) is 5.87. The molecule has 2 fully saturated rings. The van der Waals surface area contributed by atoms with E-state index in [1.165, 1.54) is 89.4 Å². The molecule has 0 bridgehead atoms. The quantitative estimate of drug-likeness (QED) is 0.672. The van der Waals surface area contributed by atoms with Crippen LogP contribution in [-0.4, -0.2) is 24.5 Å². The number of hydrogen-bond acceptors (Lipinski definition) is 1. The second-order valence-corrected chi connectivity index (χ2v) is 8.20. The van der Waals surface area contributed by atoms with Crippen molar-refractivity contribution in [3.63, 3.8) is 0 Å². The first-order chi connectivity index (χ1) is 11.3. The minimum atomic E-state index is 0.775. The van der Waals surface area contributed by atoms with E-state index in [1.807, 2.05) is 0 Å². The van der Waals surface area contributed by atoms with Gasteiger partial charge in [-0.05, 0) is 61.7 Å². The number of rotatable bonds is 6. The number of benzene rings is 1. The maximum atomic E-state index is 2.67. The molecule has 1 atom stereocenters. The molecule has 1 saturated heterocycles. The standard InChI is InChI=1S/C22H35N/c1-19(18-23-14-6-3-7-15-23)16-21-10-12-22(13-11-21)17-20-8-4-2-5-9-20/h10-13,19-20H,2-9,14-18H2,1H3. The molecule has 0 amide bonds. The highest BCUT2D eigenvalue weighted by molar-refractivity contribution is 5.23. The first-order valence-electron chi connectivity index (χ1n) is 10.1. The van der Waals surface area contributed by atoms with E-state index >= 15 is 0 Å². The number of likely N-dealkylation sites (tertiary alicyclic amines) is 1. The monoisotopic (exact) mass is 313 g/mol. The molecule has 1 aromatic rings. The fourth-order valence-electron chi connectivity index (χ4n) is 4.59. The predicted molar refractivity (Wildman–Crippen MR) is 99.9 cm³/mol. The molecule has 1 aliphatic carbocycles. The first-order valence-corrected chi connectivity index (χ1v) is 10.1. The Hall–Kier alpha value is -0.820. The number of nitrogens with zero attached hydrogens (tertiary/aromatic N) is 1. The van der Waals surface area contributed by atoms with Gasteiger partial charge in [-0.25, -0.2) is 0 Å². The summed E-state index contributed by atoms with van der Waals surface area (Å²) in [4.78, 5) is 2.67. The van der Waals surface area contributed by atoms with Crippen LogP contribution in [0.25, 0.3) is 0 Å². The molecule has 1 aromatic carbocycles. The van der Waals surface area contributed by atoms with E-state index in [4.69, 9.17) is 0 Å². The molecule has 2 aliphatic rings. The fourth-order valence-corrected chi connectivity index (χ4v) is 4.59. The Morgan fingerprint density at radius 1 is 0.870 bits per heavy atom. The average molecular weight is 314 g/mol. The molecule has 23 heavy (non-hydrogen) atoms. The zero-order valence-corrected chi connectivity index (χ0v) is 15.1. The van der Waals surface area contributed by atoms with E-state index < -0.39 is 0 Å². The second-order valence-electron chi connectivity index (χ2n) is 8.20. The SMILES string of the molecule is CC(Cc1ccc(CC2CCCCC2)cc1)CN1CCCCC1. The highest BCUT2D eigenvalue weighted by Gasteiger charge is 2.15. The van der Waals surface area contributed by atoms with Gasteiger partial charge in [0, 0.05) is 6.54 Å². The van der Waals surface area contributed by atoms with Crippen molar-refractivity contribution in [1.29, 1.82) is 0 Å². The van der Waals surface area contributed by atoms with E-state index in [0.29, 0.717) is 0 Å². The van der Waals surface area contributed by atoms with Crippen LogP contribution >= 0.6 is 0 Å². The summed E-state index contributed by atoms with van der Waals surface area (Å²) in [5, 5.41) is 0. The van der Waals surface area contributed by atoms with Gasteiger partial charge in [-0.2, -0.15) is 0 Å². The molecule has 1 nitrogen and oxygen atoms in total. The van der Waals surface area contributed by atoms with Gasteiger partial charge in [0.25, 0.3) is 0 Å². The van der Waals surface area contributed by atoms with Crippen molar-refractivity contribution in [3.8, 4) is 0 Å². The Bertz CT molecular complexity index is 438. The van der Waals surface area contributed by atoms with Gasteiger partial charge in [0.05, 0.1) is 0 Å². The summed E-state index contributed by atoms with van der Waals surface area (Å²) >= 11 is 0. The highest BCUT2D eigenvalue weighted by Crippen LogP contribution is 2.27. The van der Waals surface area contributed by atoms with Crippen LogP contribution in [0.3, 0.4) is 0 Å². The summed E-state index contributed by atoms with van der Waals surface area (Å²) in [5.74, 6) is 1.73. The minimum absolute atomic E-state index is 0.775. The van der Waals surface area contributed by atoms with Crippen molar-refractivity contribution in [3.05, 3.63) is 35.4 Å². The lowest BCUT2D eigenvalue weighted by molar-refractivity contribution is 0.200. The van der Waals surface area contributed by atoms with Crippen LogP contribution in [0.5, 0.6) is 0 Å². The Morgan fingerprint density at radius 3 is 2.17 bits per heavy atom. The third kappa shape index (κ3) is 5.64. The van der Waals surface area contributed by atoms with Crippen molar-refractivity contribution in [2.75, 3.05) is 19.6 Å². The maximum absolute atomic E-state index is 2.67. The summed E-state index contributed by atoms with van der Waals surface area (Å²) < 4.78 is 0. The van der Waals surface area contributed by atoms with Crippen molar-refractivity contribution in [1.82, 2.24) is 4.90 Å². The zero-order chi connectivity index (χ0) is 15.9. The molecule has 3 rings (SSSR count). The summed E-state index contributed by atoms with van der Waals surface area (Å²) in [7, 11) is 0. The first kappa shape index (κ1) is 17.0. The lowest BCUT2D eigenvalue weighted by Gasteiger charge is -2.29. The number of piperidine rings is 1. The van der Waals surface area contributed by atoms with Gasteiger partial charge < -0.3 is 4.90 Å². The Morgan fingerprint density at radius 2 is 1.48 bits per heavy atom. The van der Waals surface area contributed by atoms with Crippen LogP contribution in [0.1, 0.15) is 69.4 Å². The molecule has 0 aromatic heterocycles. The molecule has 0 spiro atoms. The molecule has 0 N–H and O–H groups in total.